The average Bonchev–Trinajstić information content (AvgIpc) is 1.96. The normalized spacial score (nSPS) is 14.0. The average molecular weight is 248 g/mol. The standard InChI is InChI=1S/C6H11F2O6P/c1-4(9)14-5(2-6(7)8)3-13-15(10,11)12/h5-6H,2-3H2,1H3,(H2,10,11,12). The molecule has 0 aromatic rings. The predicted molar refractivity (Wildman–Crippen MR) is 44.2 cm³/mol. The van der Waals surface area contributed by atoms with E-state index in [1.165, 1.54) is 0 Å². The van der Waals surface area contributed by atoms with Crippen molar-refractivity contribution >= 4 is 13.8 Å². The van der Waals surface area contributed by atoms with Crippen molar-refractivity contribution in [2.24, 2.45) is 0 Å². The molecule has 0 saturated carbocycles. The van der Waals surface area contributed by atoms with Gasteiger partial charge in [0.2, 0.25) is 6.43 Å². The topological polar surface area (TPSA) is 93.1 Å². The zero-order valence-electron chi connectivity index (χ0n) is 7.80. The minimum Gasteiger partial charge on any atom is -0.460 e. The van der Waals surface area contributed by atoms with Crippen LogP contribution in [0.3, 0.4) is 0 Å². The zero-order valence-corrected chi connectivity index (χ0v) is 8.69. The molecule has 0 aromatic heterocycles. The maximum Gasteiger partial charge on any atom is 0.469 e. The molecule has 6 nitrogen and oxygen atoms in total. The van der Waals surface area contributed by atoms with E-state index < -0.39 is 39.3 Å². The lowest BCUT2D eigenvalue weighted by atomic mass is 10.3. The van der Waals surface area contributed by atoms with Crippen molar-refractivity contribution in [2.75, 3.05) is 6.61 Å². The van der Waals surface area contributed by atoms with Crippen LogP contribution < -0.4 is 0 Å². The second-order valence-electron chi connectivity index (χ2n) is 2.64. The number of esters is 1. The molecule has 2 N–H and O–H groups in total. The third-order valence-electron chi connectivity index (χ3n) is 1.20. The Hall–Kier alpha value is -0.560. The summed E-state index contributed by atoms with van der Waals surface area (Å²) >= 11 is 0. The number of carbonyl (C=O) groups excluding carboxylic acids is 1. The number of phosphoric acid groups is 1. The van der Waals surface area contributed by atoms with E-state index in [0.29, 0.717) is 0 Å². The molecule has 0 aliphatic carbocycles. The summed E-state index contributed by atoms with van der Waals surface area (Å²) in [7, 11) is -4.74. The van der Waals surface area contributed by atoms with Crippen LogP contribution in [0, 0.1) is 0 Å². The third-order valence-corrected chi connectivity index (χ3v) is 1.69. The summed E-state index contributed by atoms with van der Waals surface area (Å²) in [5.74, 6) is -0.824. The molecule has 0 aliphatic heterocycles. The second-order valence-corrected chi connectivity index (χ2v) is 3.88. The first-order chi connectivity index (χ1) is 6.70. The highest BCUT2D eigenvalue weighted by atomic mass is 31.2. The Morgan fingerprint density at radius 1 is 1.47 bits per heavy atom. The molecular weight excluding hydrogens is 237 g/mol. The SMILES string of the molecule is CC(=O)OC(COP(=O)(O)O)CC(F)F. The van der Waals surface area contributed by atoms with Gasteiger partial charge in [0.05, 0.1) is 6.61 Å². The number of ether oxygens (including phenoxy) is 1. The van der Waals surface area contributed by atoms with Crippen molar-refractivity contribution in [2.45, 2.75) is 25.9 Å². The van der Waals surface area contributed by atoms with Crippen molar-refractivity contribution in [1.82, 2.24) is 0 Å². The van der Waals surface area contributed by atoms with Crippen LogP contribution >= 0.6 is 7.82 Å². The summed E-state index contributed by atoms with van der Waals surface area (Å²) in [5, 5.41) is 0. The highest BCUT2D eigenvalue weighted by molar-refractivity contribution is 7.46. The van der Waals surface area contributed by atoms with Crippen LogP contribution in [0.15, 0.2) is 0 Å². The fourth-order valence-electron chi connectivity index (χ4n) is 0.764. The van der Waals surface area contributed by atoms with E-state index in [2.05, 4.69) is 9.26 Å². The minimum atomic E-state index is -4.74. The van der Waals surface area contributed by atoms with Gasteiger partial charge in [-0.3, -0.25) is 9.32 Å². The minimum absolute atomic E-state index is 0.770. The van der Waals surface area contributed by atoms with Gasteiger partial charge in [-0.1, -0.05) is 0 Å². The van der Waals surface area contributed by atoms with Crippen molar-refractivity contribution in [3.63, 3.8) is 0 Å². The molecule has 90 valence electrons. The van der Waals surface area contributed by atoms with Gasteiger partial charge in [-0.2, -0.15) is 0 Å². The van der Waals surface area contributed by atoms with E-state index in [9.17, 15) is 18.1 Å². The summed E-state index contributed by atoms with van der Waals surface area (Å²) in [6.07, 6.45) is -4.95. The van der Waals surface area contributed by atoms with Crippen LogP contribution in [0.5, 0.6) is 0 Å². The van der Waals surface area contributed by atoms with Gasteiger partial charge in [-0.05, 0) is 0 Å². The molecule has 0 spiro atoms. The molecule has 0 aliphatic rings. The molecule has 0 rings (SSSR count). The number of hydrogen-bond donors (Lipinski definition) is 2. The molecule has 0 bridgehead atoms. The van der Waals surface area contributed by atoms with Gasteiger partial charge in [-0.15, -0.1) is 0 Å². The molecule has 0 amide bonds. The van der Waals surface area contributed by atoms with Gasteiger partial charge in [-0.25, -0.2) is 13.3 Å². The Morgan fingerprint density at radius 2 is 2.00 bits per heavy atom. The second kappa shape index (κ2) is 6.12. The highest BCUT2D eigenvalue weighted by Gasteiger charge is 2.23. The zero-order chi connectivity index (χ0) is 12.1. The number of halogens is 2. The summed E-state index contributed by atoms with van der Waals surface area (Å²) < 4.78 is 42.4. The van der Waals surface area contributed by atoms with Crippen LogP contribution in [0.1, 0.15) is 13.3 Å². The third kappa shape index (κ3) is 9.74. The first-order valence-electron chi connectivity index (χ1n) is 3.86. The Bertz CT molecular complexity index is 252. The number of rotatable bonds is 6. The van der Waals surface area contributed by atoms with Gasteiger partial charge in [0.25, 0.3) is 0 Å². The van der Waals surface area contributed by atoms with Crippen LogP contribution in [0.4, 0.5) is 8.78 Å². The number of alkyl halides is 2. The Kier molecular flexibility index (Phi) is 5.89. The molecule has 0 radical (unpaired) electrons. The Morgan fingerprint density at radius 3 is 2.33 bits per heavy atom. The van der Waals surface area contributed by atoms with Gasteiger partial charge in [0.1, 0.15) is 6.10 Å². The summed E-state index contributed by atoms with van der Waals surface area (Å²) in [6, 6.07) is 0. The molecule has 0 fully saturated rings. The largest absolute Gasteiger partial charge is 0.469 e. The maximum absolute atomic E-state index is 11.9. The summed E-state index contributed by atoms with van der Waals surface area (Å²) in [5.41, 5.74) is 0. The predicted octanol–water partition coefficient (Wildman–Crippen LogP) is 0.683. The van der Waals surface area contributed by atoms with E-state index in [4.69, 9.17) is 9.79 Å². The highest BCUT2D eigenvalue weighted by Crippen LogP contribution is 2.36. The molecule has 0 heterocycles. The van der Waals surface area contributed by atoms with Gasteiger partial charge >= 0.3 is 13.8 Å². The van der Waals surface area contributed by atoms with Crippen LogP contribution in [-0.2, 0) is 18.6 Å². The summed E-state index contributed by atoms with van der Waals surface area (Å²) in [6.45, 7) is 0.226. The van der Waals surface area contributed by atoms with Gasteiger partial charge in [0, 0.05) is 13.3 Å². The monoisotopic (exact) mass is 248 g/mol. The van der Waals surface area contributed by atoms with Crippen LogP contribution in [0.25, 0.3) is 0 Å². The Balaban J connectivity index is 4.12. The molecule has 1 unspecified atom stereocenters. The van der Waals surface area contributed by atoms with Crippen molar-refractivity contribution < 1.29 is 37.2 Å². The van der Waals surface area contributed by atoms with Crippen molar-refractivity contribution in [3.05, 3.63) is 0 Å². The fraction of sp³-hybridized carbons (Fsp3) is 0.833. The lowest BCUT2D eigenvalue weighted by molar-refractivity contribution is -0.150. The molecule has 15 heavy (non-hydrogen) atoms. The van der Waals surface area contributed by atoms with E-state index in [1.54, 1.807) is 0 Å². The van der Waals surface area contributed by atoms with Gasteiger partial charge in [0.15, 0.2) is 0 Å². The van der Waals surface area contributed by atoms with Crippen LogP contribution in [0.2, 0.25) is 0 Å². The van der Waals surface area contributed by atoms with Crippen LogP contribution in [-0.4, -0.2) is 34.9 Å². The molecule has 0 aromatic carbocycles. The molecule has 0 saturated heterocycles. The number of phosphoric ester groups is 1. The van der Waals surface area contributed by atoms with Gasteiger partial charge < -0.3 is 14.5 Å². The Labute approximate surface area is 84.4 Å². The van der Waals surface area contributed by atoms with E-state index in [0.717, 1.165) is 6.92 Å². The molecular formula is C6H11F2O6P. The lowest BCUT2D eigenvalue weighted by Gasteiger charge is -2.16. The van der Waals surface area contributed by atoms with E-state index in [1.807, 2.05) is 0 Å². The summed E-state index contributed by atoms with van der Waals surface area (Å²) in [4.78, 5) is 27.0. The number of hydrogen-bond acceptors (Lipinski definition) is 4. The van der Waals surface area contributed by atoms with E-state index >= 15 is 0 Å². The maximum atomic E-state index is 11.9. The first-order valence-corrected chi connectivity index (χ1v) is 5.39. The first kappa shape index (κ1) is 14.4. The fourth-order valence-corrected chi connectivity index (χ4v) is 1.12. The van der Waals surface area contributed by atoms with Crippen molar-refractivity contribution in [1.29, 1.82) is 0 Å². The smallest absolute Gasteiger partial charge is 0.460 e. The molecule has 9 heteroatoms. The quantitative estimate of drug-likeness (QED) is 0.530. The number of carbonyl (C=O) groups is 1. The molecule has 1 atom stereocenters. The van der Waals surface area contributed by atoms with Crippen molar-refractivity contribution in [3.8, 4) is 0 Å². The lowest BCUT2D eigenvalue weighted by Crippen LogP contribution is -2.24. The van der Waals surface area contributed by atoms with E-state index in [-0.39, 0.29) is 0 Å².